The predicted octanol–water partition coefficient (Wildman–Crippen LogP) is 3.15. The van der Waals surface area contributed by atoms with Gasteiger partial charge >= 0.3 is 0 Å². The Balaban J connectivity index is 0. The monoisotopic (exact) mass is 168 g/mol. The fraction of sp³-hybridized carbons (Fsp3) is 0.600. The van der Waals surface area contributed by atoms with Crippen LogP contribution in [0.2, 0.25) is 0 Å². The molecule has 0 radical (unpaired) electrons. The fourth-order valence-corrected chi connectivity index (χ4v) is 0.444. The van der Waals surface area contributed by atoms with E-state index in [1.807, 2.05) is 41.5 Å². The van der Waals surface area contributed by atoms with E-state index in [9.17, 15) is 0 Å². The molecule has 0 aliphatic carbocycles. The normalized spacial score (nSPS) is 7.17. The maximum absolute atomic E-state index is 3.70. The molecule has 2 nitrogen and oxygen atoms in total. The lowest BCUT2D eigenvalue weighted by atomic mass is 10.2. The van der Waals surface area contributed by atoms with Gasteiger partial charge in [-0.05, 0) is 25.0 Å². The lowest BCUT2D eigenvalue weighted by molar-refractivity contribution is 0.995. The van der Waals surface area contributed by atoms with Crippen molar-refractivity contribution in [1.29, 1.82) is 0 Å². The summed E-state index contributed by atoms with van der Waals surface area (Å²) < 4.78 is 0. The number of rotatable bonds is 0. The lowest BCUT2D eigenvalue weighted by Gasteiger charge is -1.91. The molecule has 70 valence electrons. The highest BCUT2D eigenvalue weighted by molar-refractivity contribution is 5.15. The second-order valence-corrected chi connectivity index (χ2v) is 1.86. The van der Waals surface area contributed by atoms with E-state index in [0.717, 1.165) is 0 Å². The van der Waals surface area contributed by atoms with Crippen molar-refractivity contribution < 1.29 is 0 Å². The minimum absolute atomic E-state index is 1.19. The zero-order valence-electron chi connectivity index (χ0n) is 9.05. The molecule has 1 aromatic heterocycles. The molecule has 0 atom stereocenters. The first kappa shape index (κ1) is 13.7. The van der Waals surface area contributed by atoms with Crippen LogP contribution in [-0.2, 0) is 0 Å². The van der Waals surface area contributed by atoms with Crippen LogP contribution < -0.4 is 0 Å². The molecule has 2 heteroatoms. The smallest absolute Gasteiger partial charge is 0.0528 e. The molecule has 1 aromatic rings. The van der Waals surface area contributed by atoms with E-state index < -0.39 is 0 Å². The van der Waals surface area contributed by atoms with Gasteiger partial charge in [0.05, 0.1) is 12.4 Å². The van der Waals surface area contributed by atoms with Crippen LogP contribution in [0.3, 0.4) is 0 Å². The van der Waals surface area contributed by atoms with Crippen molar-refractivity contribution in [3.05, 3.63) is 23.5 Å². The third-order valence-electron chi connectivity index (χ3n) is 1.19. The Kier molecular flexibility index (Phi) is 11.5. The number of hydrogen-bond donors (Lipinski definition) is 0. The van der Waals surface area contributed by atoms with Crippen LogP contribution in [0.4, 0.5) is 0 Å². The second-order valence-electron chi connectivity index (χ2n) is 1.86. The standard InChI is InChI=1S/C6H8N2.2C2H6/c1-5-3-7-8-4-6(5)2;2*1-2/h3-4H,1-2H3;2*1-2H3. The van der Waals surface area contributed by atoms with Crippen molar-refractivity contribution in [3.63, 3.8) is 0 Å². The Hall–Kier alpha value is -0.920. The SMILES string of the molecule is CC.CC.Cc1cnncc1C. The largest absolute Gasteiger partial charge is 0.159 e. The molecule has 12 heavy (non-hydrogen) atoms. The Morgan fingerprint density at radius 3 is 1.17 bits per heavy atom. The lowest BCUT2D eigenvalue weighted by Crippen LogP contribution is -1.84. The van der Waals surface area contributed by atoms with Gasteiger partial charge in [0, 0.05) is 0 Å². The number of nitrogens with zero attached hydrogens (tertiary/aromatic N) is 2. The summed E-state index contributed by atoms with van der Waals surface area (Å²) in [6, 6.07) is 0. The molecule has 0 bridgehead atoms. The molecule has 0 aliphatic heterocycles. The summed E-state index contributed by atoms with van der Waals surface area (Å²) in [5.41, 5.74) is 2.39. The van der Waals surface area contributed by atoms with Gasteiger partial charge in [0.1, 0.15) is 0 Å². The van der Waals surface area contributed by atoms with Crippen molar-refractivity contribution in [1.82, 2.24) is 10.2 Å². The minimum Gasteiger partial charge on any atom is -0.159 e. The Bertz CT molecular complexity index is 164. The Morgan fingerprint density at radius 2 is 1.00 bits per heavy atom. The van der Waals surface area contributed by atoms with Crippen LogP contribution in [0, 0.1) is 13.8 Å². The van der Waals surface area contributed by atoms with E-state index in [0.29, 0.717) is 0 Å². The third kappa shape index (κ3) is 5.83. The van der Waals surface area contributed by atoms with Crippen molar-refractivity contribution in [2.24, 2.45) is 0 Å². The Labute approximate surface area is 76.0 Å². The van der Waals surface area contributed by atoms with E-state index >= 15 is 0 Å². The van der Waals surface area contributed by atoms with Crippen LogP contribution in [0.15, 0.2) is 12.4 Å². The highest BCUT2D eigenvalue weighted by Crippen LogP contribution is 1.98. The van der Waals surface area contributed by atoms with Crippen molar-refractivity contribution in [2.75, 3.05) is 0 Å². The number of aromatic nitrogens is 2. The van der Waals surface area contributed by atoms with Crippen molar-refractivity contribution >= 4 is 0 Å². The highest BCUT2D eigenvalue weighted by Gasteiger charge is 1.86. The quantitative estimate of drug-likeness (QED) is 0.594. The molecular formula is C10H20N2. The third-order valence-corrected chi connectivity index (χ3v) is 1.19. The van der Waals surface area contributed by atoms with Crippen molar-refractivity contribution in [3.8, 4) is 0 Å². The maximum Gasteiger partial charge on any atom is 0.0528 e. The van der Waals surface area contributed by atoms with E-state index in [-0.39, 0.29) is 0 Å². The summed E-state index contributed by atoms with van der Waals surface area (Å²) in [7, 11) is 0. The molecule has 1 heterocycles. The number of aryl methyl sites for hydroxylation is 2. The first-order valence-corrected chi connectivity index (χ1v) is 4.54. The van der Waals surface area contributed by atoms with Crippen LogP contribution in [-0.4, -0.2) is 10.2 Å². The van der Waals surface area contributed by atoms with E-state index in [1.165, 1.54) is 11.1 Å². The molecule has 1 rings (SSSR count). The van der Waals surface area contributed by atoms with Gasteiger partial charge in [-0.3, -0.25) is 0 Å². The van der Waals surface area contributed by atoms with E-state index in [4.69, 9.17) is 0 Å². The first-order valence-electron chi connectivity index (χ1n) is 4.54. The molecule has 0 saturated carbocycles. The van der Waals surface area contributed by atoms with Gasteiger partial charge in [0.2, 0.25) is 0 Å². The van der Waals surface area contributed by atoms with Gasteiger partial charge in [-0.25, -0.2) is 0 Å². The Morgan fingerprint density at radius 1 is 0.750 bits per heavy atom. The average Bonchev–Trinajstić information content (AvgIpc) is 2.17. The predicted molar refractivity (Wildman–Crippen MR) is 54.2 cm³/mol. The van der Waals surface area contributed by atoms with Crippen molar-refractivity contribution in [2.45, 2.75) is 41.5 Å². The van der Waals surface area contributed by atoms with Gasteiger partial charge in [-0.15, -0.1) is 0 Å². The zero-order chi connectivity index (χ0) is 9.98. The van der Waals surface area contributed by atoms with Crippen LogP contribution in [0.1, 0.15) is 38.8 Å². The van der Waals surface area contributed by atoms with Gasteiger partial charge in [0.25, 0.3) is 0 Å². The molecule has 0 spiro atoms. The first-order chi connectivity index (χ1) is 5.80. The van der Waals surface area contributed by atoms with Gasteiger partial charge < -0.3 is 0 Å². The summed E-state index contributed by atoms with van der Waals surface area (Å²) in [6.45, 7) is 12.0. The fourth-order valence-electron chi connectivity index (χ4n) is 0.444. The minimum atomic E-state index is 1.19. The molecule has 0 amide bonds. The molecule has 0 saturated heterocycles. The summed E-state index contributed by atoms with van der Waals surface area (Å²) in [5, 5.41) is 7.39. The van der Waals surface area contributed by atoms with Gasteiger partial charge in [0.15, 0.2) is 0 Å². The maximum atomic E-state index is 3.70. The van der Waals surface area contributed by atoms with E-state index in [1.54, 1.807) is 12.4 Å². The number of hydrogen-bond acceptors (Lipinski definition) is 2. The topological polar surface area (TPSA) is 25.8 Å². The molecule has 0 fully saturated rings. The van der Waals surface area contributed by atoms with E-state index in [2.05, 4.69) is 10.2 Å². The highest BCUT2D eigenvalue weighted by atomic mass is 15.1. The zero-order valence-corrected chi connectivity index (χ0v) is 9.05. The summed E-state index contributed by atoms with van der Waals surface area (Å²) >= 11 is 0. The summed E-state index contributed by atoms with van der Waals surface area (Å²) in [6.07, 6.45) is 3.52. The van der Waals surface area contributed by atoms with Crippen LogP contribution in [0.25, 0.3) is 0 Å². The molecule has 0 aromatic carbocycles. The van der Waals surface area contributed by atoms with Crippen LogP contribution >= 0.6 is 0 Å². The average molecular weight is 168 g/mol. The van der Waals surface area contributed by atoms with Crippen LogP contribution in [0.5, 0.6) is 0 Å². The molecule has 0 N–H and O–H groups in total. The van der Waals surface area contributed by atoms with Gasteiger partial charge in [-0.2, -0.15) is 10.2 Å². The second kappa shape index (κ2) is 10.1. The molecular weight excluding hydrogens is 148 g/mol. The summed E-state index contributed by atoms with van der Waals surface area (Å²) in [4.78, 5) is 0. The molecule has 0 unspecified atom stereocenters. The van der Waals surface area contributed by atoms with Gasteiger partial charge in [-0.1, -0.05) is 27.7 Å². The molecule has 0 aliphatic rings. The summed E-state index contributed by atoms with van der Waals surface area (Å²) in [5.74, 6) is 0.